The summed E-state index contributed by atoms with van der Waals surface area (Å²) >= 11 is 1.46. The van der Waals surface area contributed by atoms with Crippen molar-refractivity contribution in [2.24, 2.45) is 5.92 Å². The molecule has 1 saturated carbocycles. The van der Waals surface area contributed by atoms with E-state index in [1.165, 1.54) is 17.4 Å². The number of benzene rings is 1. The number of ether oxygens (including phenoxy) is 1. The standard InChI is InChI=1S/C18H17N3O3S/c1-18(11-19,12-6-7-12)21-15(22)10-24-17(23)9-8-16-20-13-4-2-3-5-14(13)25-16/h2-5,8-9,12H,6-7,10H2,1H3,(H,21,22)/b9-8+/t18-/m0/s1. The average Bonchev–Trinajstić information content (AvgIpc) is 3.38. The van der Waals surface area contributed by atoms with Crippen molar-refractivity contribution in [3.05, 3.63) is 35.3 Å². The van der Waals surface area contributed by atoms with Gasteiger partial charge in [-0.3, -0.25) is 4.79 Å². The number of carbonyl (C=O) groups excluding carboxylic acids is 2. The highest BCUT2D eigenvalue weighted by Crippen LogP contribution is 2.39. The van der Waals surface area contributed by atoms with Crippen molar-refractivity contribution in [1.29, 1.82) is 5.26 Å². The molecule has 1 amide bonds. The first kappa shape index (κ1) is 17.1. The van der Waals surface area contributed by atoms with E-state index in [1.54, 1.807) is 13.0 Å². The van der Waals surface area contributed by atoms with Gasteiger partial charge in [0.1, 0.15) is 10.5 Å². The number of nitriles is 1. The maximum absolute atomic E-state index is 11.9. The molecule has 1 heterocycles. The molecule has 0 aliphatic heterocycles. The number of nitrogens with zero attached hydrogens (tertiary/aromatic N) is 2. The van der Waals surface area contributed by atoms with Gasteiger partial charge >= 0.3 is 5.97 Å². The molecule has 1 aliphatic rings. The lowest BCUT2D eigenvalue weighted by Gasteiger charge is -2.22. The van der Waals surface area contributed by atoms with Gasteiger partial charge in [0.25, 0.3) is 5.91 Å². The molecule has 0 saturated heterocycles. The number of rotatable bonds is 6. The van der Waals surface area contributed by atoms with E-state index in [9.17, 15) is 14.9 Å². The van der Waals surface area contributed by atoms with E-state index in [2.05, 4.69) is 16.4 Å². The van der Waals surface area contributed by atoms with Crippen LogP contribution in [0.3, 0.4) is 0 Å². The molecule has 1 atom stereocenters. The fourth-order valence-electron chi connectivity index (χ4n) is 2.49. The minimum absolute atomic E-state index is 0.177. The van der Waals surface area contributed by atoms with Crippen LogP contribution in [0.2, 0.25) is 0 Å². The third-order valence-electron chi connectivity index (χ3n) is 4.04. The lowest BCUT2D eigenvalue weighted by atomic mass is 9.98. The number of hydrogen-bond acceptors (Lipinski definition) is 6. The predicted molar refractivity (Wildman–Crippen MR) is 94.5 cm³/mol. The Morgan fingerprint density at radius 1 is 1.48 bits per heavy atom. The van der Waals surface area contributed by atoms with Crippen molar-refractivity contribution < 1.29 is 14.3 Å². The number of nitrogens with one attached hydrogen (secondary N) is 1. The molecule has 0 unspecified atom stereocenters. The third kappa shape index (κ3) is 4.22. The van der Waals surface area contributed by atoms with E-state index in [4.69, 9.17) is 4.74 Å². The fourth-order valence-corrected chi connectivity index (χ4v) is 3.36. The van der Waals surface area contributed by atoms with Gasteiger partial charge in [-0.15, -0.1) is 11.3 Å². The van der Waals surface area contributed by atoms with Gasteiger partial charge in [-0.25, -0.2) is 9.78 Å². The molecule has 3 rings (SSSR count). The first-order chi connectivity index (χ1) is 12.0. The summed E-state index contributed by atoms with van der Waals surface area (Å²) in [4.78, 5) is 28.0. The van der Waals surface area contributed by atoms with Gasteiger partial charge < -0.3 is 10.1 Å². The summed E-state index contributed by atoms with van der Waals surface area (Å²) in [6.45, 7) is 1.28. The number of fused-ring (bicyclic) bond motifs is 1. The molecular formula is C18H17N3O3S. The quantitative estimate of drug-likeness (QED) is 0.635. The van der Waals surface area contributed by atoms with E-state index >= 15 is 0 Å². The van der Waals surface area contributed by atoms with Crippen LogP contribution in [0.1, 0.15) is 24.8 Å². The van der Waals surface area contributed by atoms with Gasteiger partial charge in [0, 0.05) is 6.08 Å². The topological polar surface area (TPSA) is 92.1 Å². The monoisotopic (exact) mass is 355 g/mol. The molecule has 0 spiro atoms. The Morgan fingerprint density at radius 3 is 2.92 bits per heavy atom. The van der Waals surface area contributed by atoms with Gasteiger partial charge in [0.15, 0.2) is 6.61 Å². The van der Waals surface area contributed by atoms with Crippen LogP contribution in [-0.4, -0.2) is 29.0 Å². The molecule has 6 nitrogen and oxygen atoms in total. The maximum atomic E-state index is 11.9. The van der Waals surface area contributed by atoms with Gasteiger partial charge in [-0.2, -0.15) is 5.26 Å². The molecule has 7 heteroatoms. The second-order valence-corrected chi connectivity index (χ2v) is 7.16. The smallest absolute Gasteiger partial charge is 0.331 e. The second-order valence-electron chi connectivity index (χ2n) is 6.10. The van der Waals surface area contributed by atoms with Gasteiger partial charge in [0.05, 0.1) is 16.3 Å². The highest BCUT2D eigenvalue weighted by atomic mass is 32.1. The zero-order chi connectivity index (χ0) is 17.9. The second kappa shape index (κ2) is 7.03. The lowest BCUT2D eigenvalue weighted by Crippen LogP contribution is -2.48. The normalized spacial score (nSPS) is 16.3. The van der Waals surface area contributed by atoms with Crippen molar-refractivity contribution in [3.63, 3.8) is 0 Å². The molecule has 1 N–H and O–H groups in total. The highest BCUT2D eigenvalue weighted by molar-refractivity contribution is 7.19. The highest BCUT2D eigenvalue weighted by Gasteiger charge is 2.43. The first-order valence-electron chi connectivity index (χ1n) is 7.93. The molecule has 1 aromatic heterocycles. The Kier molecular flexibility index (Phi) is 4.81. The zero-order valence-corrected chi connectivity index (χ0v) is 14.5. The van der Waals surface area contributed by atoms with Crippen LogP contribution in [0.25, 0.3) is 16.3 Å². The number of hydrogen-bond donors (Lipinski definition) is 1. The lowest BCUT2D eigenvalue weighted by molar-refractivity contribution is -0.144. The Hall–Kier alpha value is -2.72. The van der Waals surface area contributed by atoms with Crippen LogP contribution in [0.15, 0.2) is 30.3 Å². The van der Waals surface area contributed by atoms with Crippen molar-refractivity contribution in [1.82, 2.24) is 10.3 Å². The fraction of sp³-hybridized carbons (Fsp3) is 0.333. The third-order valence-corrected chi connectivity index (χ3v) is 5.04. The van der Waals surface area contributed by atoms with Gasteiger partial charge in [0.2, 0.25) is 0 Å². The molecule has 128 valence electrons. The Morgan fingerprint density at radius 2 is 2.24 bits per heavy atom. The minimum atomic E-state index is -0.889. The molecule has 1 aromatic carbocycles. The average molecular weight is 355 g/mol. The Bertz CT molecular complexity index is 846. The summed E-state index contributed by atoms with van der Waals surface area (Å²) in [5.41, 5.74) is -0.0175. The minimum Gasteiger partial charge on any atom is -0.452 e. The number of thiazole rings is 1. The van der Waals surface area contributed by atoms with Crippen LogP contribution in [0.5, 0.6) is 0 Å². The van der Waals surface area contributed by atoms with E-state index in [1.807, 2.05) is 24.3 Å². The Labute approximate surface area is 149 Å². The van der Waals surface area contributed by atoms with E-state index in [0.717, 1.165) is 23.1 Å². The van der Waals surface area contributed by atoms with Crippen molar-refractivity contribution in [3.8, 4) is 6.07 Å². The van der Waals surface area contributed by atoms with Gasteiger partial charge in [-0.1, -0.05) is 12.1 Å². The van der Waals surface area contributed by atoms with E-state index in [0.29, 0.717) is 5.01 Å². The van der Waals surface area contributed by atoms with Gasteiger partial charge in [-0.05, 0) is 43.9 Å². The number of carbonyl (C=O) groups is 2. The zero-order valence-electron chi connectivity index (χ0n) is 13.7. The molecule has 1 aliphatic carbocycles. The predicted octanol–water partition coefficient (Wildman–Crippen LogP) is 2.66. The summed E-state index contributed by atoms with van der Waals surface area (Å²) in [6, 6.07) is 9.81. The van der Waals surface area contributed by atoms with E-state index in [-0.39, 0.29) is 5.92 Å². The van der Waals surface area contributed by atoms with Crippen LogP contribution in [0, 0.1) is 17.2 Å². The van der Waals surface area contributed by atoms with Crippen LogP contribution >= 0.6 is 11.3 Å². The largest absolute Gasteiger partial charge is 0.452 e. The van der Waals surface area contributed by atoms with Crippen LogP contribution in [0.4, 0.5) is 0 Å². The van der Waals surface area contributed by atoms with Crippen LogP contribution < -0.4 is 5.32 Å². The maximum Gasteiger partial charge on any atom is 0.331 e. The molecule has 1 fully saturated rings. The molecule has 25 heavy (non-hydrogen) atoms. The summed E-state index contributed by atoms with van der Waals surface area (Å²) in [5, 5.41) is 12.5. The molecule has 0 bridgehead atoms. The molecule has 2 aromatic rings. The number of esters is 1. The van der Waals surface area contributed by atoms with Crippen molar-refractivity contribution >= 4 is 39.5 Å². The molecule has 0 radical (unpaired) electrons. The van der Waals surface area contributed by atoms with E-state index < -0.39 is 24.0 Å². The SMILES string of the molecule is C[C@@](C#N)(NC(=O)COC(=O)/C=C/c1nc2ccccc2s1)C1CC1. The molecular weight excluding hydrogens is 338 g/mol. The van der Waals surface area contributed by atoms with Crippen molar-refractivity contribution in [2.45, 2.75) is 25.3 Å². The van der Waals surface area contributed by atoms with Crippen LogP contribution in [-0.2, 0) is 14.3 Å². The summed E-state index contributed by atoms with van der Waals surface area (Å²) < 4.78 is 5.95. The van der Waals surface area contributed by atoms with Crippen molar-refractivity contribution in [2.75, 3.05) is 6.61 Å². The number of para-hydroxylation sites is 1. The number of amides is 1. The number of aromatic nitrogens is 1. The summed E-state index contributed by atoms with van der Waals surface area (Å²) in [6.07, 6.45) is 4.66. The Balaban J connectivity index is 1.50. The summed E-state index contributed by atoms with van der Waals surface area (Å²) in [7, 11) is 0. The summed E-state index contributed by atoms with van der Waals surface area (Å²) in [5.74, 6) is -0.923. The first-order valence-corrected chi connectivity index (χ1v) is 8.74.